The monoisotopic (exact) mass is 170 g/mol. The van der Waals surface area contributed by atoms with Gasteiger partial charge in [0, 0.05) is 0 Å². The summed E-state index contributed by atoms with van der Waals surface area (Å²) in [5.74, 6) is 0. The number of hydrogen-bond donors (Lipinski definition) is 4. The maximum Gasteiger partial charge on any atom is 0.427 e. The zero-order valence-corrected chi connectivity index (χ0v) is 6.99. The third kappa shape index (κ3) is 18.1. The highest BCUT2D eigenvalue weighted by Crippen LogP contribution is 1.94. The van der Waals surface area contributed by atoms with Crippen LogP contribution in [0.15, 0.2) is 0 Å². The maximum absolute atomic E-state index is 9.47. The van der Waals surface area contributed by atoms with Crippen molar-refractivity contribution in [3.8, 4) is 0 Å². The van der Waals surface area contributed by atoms with E-state index in [1.54, 1.807) is 0 Å². The Morgan fingerprint density at radius 2 is 1.67 bits per heavy atom. The number of hydrogen-bond acceptors (Lipinski definition) is 4. The molecule has 0 aliphatic carbocycles. The van der Waals surface area contributed by atoms with Crippen LogP contribution in [0.5, 0.6) is 0 Å². The molecule has 2 N–H and O–H groups in total. The molecule has 0 saturated carbocycles. The molecule has 0 aliphatic rings. The van der Waals surface area contributed by atoms with Crippen molar-refractivity contribution < 1.29 is 9.90 Å². The number of carboxylic acid groups (broad SMARTS) is 1. The molecule has 0 aliphatic heterocycles. The number of thiol groups is 2. The predicted molar refractivity (Wildman–Crippen MR) is 42.8 cm³/mol. The van der Waals surface area contributed by atoms with Gasteiger partial charge in [-0.05, 0) is 39.7 Å². The fraction of sp³-hybridized carbons (Fsp3) is 0.667. The van der Waals surface area contributed by atoms with Gasteiger partial charge in [0.1, 0.15) is 0 Å². The first-order valence-electron chi connectivity index (χ1n) is 2.05. The lowest BCUT2D eigenvalue weighted by molar-refractivity contribution is 0.191. The molecule has 56 valence electrons. The molecule has 0 spiro atoms. The lowest BCUT2D eigenvalue weighted by Crippen LogP contribution is -2.05. The number of nitrogens with one attached hydrogen (secondary N) is 1. The van der Waals surface area contributed by atoms with Crippen LogP contribution in [0.3, 0.4) is 0 Å². The first kappa shape index (κ1) is 11.7. The largest absolute Gasteiger partial charge is 0.464 e. The van der Waals surface area contributed by atoms with Crippen LogP contribution in [-0.4, -0.2) is 29.0 Å². The summed E-state index contributed by atoms with van der Waals surface area (Å²) in [5.41, 5.74) is 0. The van der Waals surface area contributed by atoms with Gasteiger partial charge in [-0.3, -0.25) is 0 Å². The van der Waals surface area contributed by atoms with E-state index in [-0.39, 0.29) is 0 Å². The Bertz CT molecular complexity index is 78.2. The highest BCUT2D eigenvalue weighted by molar-refractivity contribution is 7.94. The second-order valence-corrected chi connectivity index (χ2v) is 2.19. The van der Waals surface area contributed by atoms with E-state index in [2.05, 4.69) is 30.9 Å². The van der Waals surface area contributed by atoms with Gasteiger partial charge >= 0.3 is 6.09 Å². The van der Waals surface area contributed by atoms with Crippen LogP contribution >= 0.6 is 25.6 Å². The number of carbonyl (C=O) groups is 1. The van der Waals surface area contributed by atoms with Crippen molar-refractivity contribution in [2.75, 3.05) is 14.1 Å². The smallest absolute Gasteiger partial charge is 0.427 e. The second-order valence-electron chi connectivity index (χ2n) is 1.07. The minimum Gasteiger partial charge on any atom is -0.464 e. The van der Waals surface area contributed by atoms with Gasteiger partial charge in [0.25, 0.3) is 0 Å². The van der Waals surface area contributed by atoms with Crippen LogP contribution in [-0.2, 0) is 0 Å². The molecule has 0 bridgehead atoms. The minimum atomic E-state index is -1.18. The predicted octanol–water partition coefficient (Wildman–Crippen LogP) is 0.492. The molecule has 0 atom stereocenters. The van der Waals surface area contributed by atoms with Crippen LogP contribution in [0.2, 0.25) is 0 Å². The fourth-order valence-electron chi connectivity index (χ4n) is 0. The molecule has 0 fully saturated rings. The molecule has 0 aromatic carbocycles. The molecule has 9 heavy (non-hydrogen) atoms. The van der Waals surface area contributed by atoms with E-state index in [1.807, 2.05) is 14.1 Å². The standard InChI is InChI=1S/C2H7N.CH3NO2S2/c1-3-2;3-1(4)2(5)6/h3H,1-2H3;5-6H,(H,3,4). The first-order valence-corrected chi connectivity index (χ1v) is 2.85. The maximum atomic E-state index is 9.47. The molecule has 1 amide bonds. The number of rotatable bonds is 0. The summed E-state index contributed by atoms with van der Waals surface area (Å²) in [7, 11) is 3.75. The van der Waals surface area contributed by atoms with Gasteiger partial charge in [-0.1, -0.05) is 0 Å². The summed E-state index contributed by atoms with van der Waals surface area (Å²) in [5, 5.41) is 10.5. The average molecular weight is 170 g/mol. The van der Waals surface area contributed by atoms with Crippen molar-refractivity contribution in [1.29, 1.82) is 0 Å². The molecule has 6 heteroatoms. The Morgan fingerprint density at radius 3 is 1.67 bits per heavy atom. The van der Waals surface area contributed by atoms with Gasteiger partial charge < -0.3 is 10.4 Å². The lowest BCUT2D eigenvalue weighted by Gasteiger charge is -1.95. The Hall–Kier alpha value is -0.0700. The molecule has 0 rings (SSSR count). The van der Waals surface area contributed by atoms with Crippen LogP contribution in [0.4, 0.5) is 4.79 Å². The number of nitrogens with zero attached hydrogens (tertiary/aromatic N) is 1. The molecule has 0 aromatic rings. The Balaban J connectivity index is 0. The van der Waals surface area contributed by atoms with Crippen molar-refractivity contribution >= 4 is 31.7 Å². The summed E-state index contributed by atoms with van der Waals surface area (Å²) in [6.45, 7) is 0. The van der Waals surface area contributed by atoms with Crippen LogP contribution < -0.4 is 5.32 Å². The van der Waals surface area contributed by atoms with E-state index in [4.69, 9.17) is 5.11 Å². The molecule has 4 nitrogen and oxygen atoms in total. The molecule has 0 radical (unpaired) electrons. The third-order valence-electron chi connectivity index (χ3n) is 0.171. The molecule has 0 aromatic heterocycles. The normalized spacial score (nSPS) is 7.11. The zero-order valence-electron chi connectivity index (χ0n) is 5.20. The van der Waals surface area contributed by atoms with E-state index in [1.165, 1.54) is 0 Å². The summed E-state index contributed by atoms with van der Waals surface area (Å²) in [6.07, 6.45) is -1.18. The lowest BCUT2D eigenvalue weighted by atomic mass is 11.3. The molecule has 0 heterocycles. The van der Waals surface area contributed by atoms with E-state index in [9.17, 15) is 4.79 Å². The molecule has 0 unspecified atom stereocenters. The van der Waals surface area contributed by atoms with Crippen molar-refractivity contribution in [2.45, 2.75) is 0 Å². The van der Waals surface area contributed by atoms with E-state index in [0.29, 0.717) is 3.71 Å². The molecular formula is C3H10N2O2S2. The highest BCUT2D eigenvalue weighted by Gasteiger charge is 1.95. The Kier molecular flexibility index (Phi) is 10.3. The summed E-state index contributed by atoms with van der Waals surface area (Å²) >= 11 is 6.58. The summed E-state index contributed by atoms with van der Waals surface area (Å²) < 4.78 is 0.472. The van der Waals surface area contributed by atoms with E-state index >= 15 is 0 Å². The quantitative estimate of drug-likeness (QED) is 0.400. The highest BCUT2D eigenvalue weighted by atomic mass is 32.2. The fourth-order valence-corrected chi connectivity index (χ4v) is 0. The van der Waals surface area contributed by atoms with E-state index < -0.39 is 6.09 Å². The SMILES string of the molecule is CNC.O=C(O)N(S)S. The van der Waals surface area contributed by atoms with Gasteiger partial charge in [0.05, 0.1) is 0 Å². The second kappa shape index (κ2) is 7.93. The third-order valence-corrected chi connectivity index (χ3v) is 0.513. The zero-order chi connectivity index (χ0) is 7.86. The first-order chi connectivity index (χ1) is 4.06. The van der Waals surface area contributed by atoms with Gasteiger partial charge in [-0.2, -0.15) is 3.71 Å². The van der Waals surface area contributed by atoms with Gasteiger partial charge in [-0.25, -0.2) is 4.79 Å². The Morgan fingerprint density at radius 1 is 1.56 bits per heavy atom. The van der Waals surface area contributed by atoms with Gasteiger partial charge in [0.15, 0.2) is 0 Å². The van der Waals surface area contributed by atoms with Crippen molar-refractivity contribution in [1.82, 2.24) is 9.03 Å². The van der Waals surface area contributed by atoms with Crippen LogP contribution in [0.25, 0.3) is 0 Å². The van der Waals surface area contributed by atoms with E-state index in [0.717, 1.165) is 0 Å². The van der Waals surface area contributed by atoms with Crippen molar-refractivity contribution in [2.24, 2.45) is 0 Å². The van der Waals surface area contributed by atoms with Crippen LogP contribution in [0, 0.1) is 0 Å². The van der Waals surface area contributed by atoms with Gasteiger partial charge in [0.2, 0.25) is 0 Å². The topological polar surface area (TPSA) is 52.6 Å². The molecular weight excluding hydrogens is 160 g/mol. The summed E-state index contributed by atoms with van der Waals surface area (Å²) in [4.78, 5) is 9.47. The Labute approximate surface area is 65.3 Å². The van der Waals surface area contributed by atoms with Crippen molar-refractivity contribution in [3.63, 3.8) is 0 Å². The molecule has 0 saturated heterocycles. The number of amides is 1. The van der Waals surface area contributed by atoms with Gasteiger partial charge in [-0.15, -0.1) is 0 Å². The average Bonchev–Trinajstić information content (AvgIpc) is 1.68. The van der Waals surface area contributed by atoms with Crippen LogP contribution in [0.1, 0.15) is 0 Å². The van der Waals surface area contributed by atoms with Crippen molar-refractivity contribution in [3.05, 3.63) is 0 Å². The summed E-state index contributed by atoms with van der Waals surface area (Å²) in [6, 6.07) is 0. The minimum absolute atomic E-state index is 0.472.